The molecule has 1 aromatic rings. The predicted molar refractivity (Wildman–Crippen MR) is 62.4 cm³/mol. The Morgan fingerprint density at radius 1 is 1.41 bits per heavy atom. The molecule has 0 aliphatic carbocycles. The summed E-state index contributed by atoms with van der Waals surface area (Å²) in [6.45, 7) is 1.30. The van der Waals surface area contributed by atoms with E-state index < -0.39 is 12.1 Å². The van der Waals surface area contributed by atoms with Gasteiger partial charge in [-0.3, -0.25) is 4.79 Å². The number of aliphatic hydroxyl groups excluding tert-OH is 1. The smallest absolute Gasteiger partial charge is 0.303 e. The molecule has 0 heterocycles. The van der Waals surface area contributed by atoms with Crippen LogP contribution in [0.25, 0.3) is 0 Å². The Kier molecular flexibility index (Phi) is 5.05. The summed E-state index contributed by atoms with van der Waals surface area (Å²) in [7, 11) is 1.57. The molecular weight excluding hydrogens is 220 g/mol. The third-order valence-electron chi connectivity index (χ3n) is 2.02. The number of hydrogen-bond donors (Lipinski definition) is 1. The molecule has 4 nitrogen and oxygen atoms in total. The Bertz CT molecular complexity index is 425. The number of hydrogen-bond acceptors (Lipinski definition) is 4. The molecule has 0 bridgehead atoms. The number of esters is 1. The summed E-state index contributed by atoms with van der Waals surface area (Å²) >= 11 is 0. The summed E-state index contributed by atoms with van der Waals surface area (Å²) in [5.41, 5.74) is 0.668. The van der Waals surface area contributed by atoms with Crippen LogP contribution in [-0.2, 0) is 9.53 Å². The van der Waals surface area contributed by atoms with Crippen molar-refractivity contribution >= 4 is 5.97 Å². The summed E-state index contributed by atoms with van der Waals surface area (Å²) in [6, 6.07) is 6.94. The van der Waals surface area contributed by atoms with Crippen molar-refractivity contribution in [3.8, 4) is 17.6 Å². The standard InChI is InChI=1S/C13H14O4/c1-10(14)17-9-3-4-13(15)11-5-7-12(16-2)8-6-11/h5-8,13,15H,9H2,1-2H3/t13-/m1/s1. The highest BCUT2D eigenvalue weighted by Crippen LogP contribution is 2.16. The van der Waals surface area contributed by atoms with Gasteiger partial charge in [-0.2, -0.15) is 0 Å². The van der Waals surface area contributed by atoms with Crippen LogP contribution in [0.2, 0.25) is 0 Å². The van der Waals surface area contributed by atoms with Crippen LogP contribution in [0.4, 0.5) is 0 Å². The van der Waals surface area contributed by atoms with Crippen LogP contribution in [0.15, 0.2) is 24.3 Å². The van der Waals surface area contributed by atoms with Crippen LogP contribution >= 0.6 is 0 Å². The summed E-state index contributed by atoms with van der Waals surface area (Å²) in [5.74, 6) is 5.47. The molecule has 1 rings (SSSR count). The molecule has 90 valence electrons. The largest absolute Gasteiger partial charge is 0.497 e. The van der Waals surface area contributed by atoms with Crippen LogP contribution in [0.5, 0.6) is 5.75 Å². The average molecular weight is 234 g/mol. The first-order chi connectivity index (χ1) is 8.13. The zero-order chi connectivity index (χ0) is 12.7. The second-order valence-electron chi connectivity index (χ2n) is 3.28. The summed E-state index contributed by atoms with van der Waals surface area (Å²) in [6.07, 6.45) is -0.892. The number of benzene rings is 1. The topological polar surface area (TPSA) is 55.8 Å². The second kappa shape index (κ2) is 6.56. The first-order valence-electron chi connectivity index (χ1n) is 5.07. The summed E-state index contributed by atoms with van der Waals surface area (Å²) < 4.78 is 9.62. The molecule has 0 aromatic heterocycles. The molecule has 0 radical (unpaired) electrons. The monoisotopic (exact) mass is 234 g/mol. The van der Waals surface area contributed by atoms with E-state index in [2.05, 4.69) is 16.6 Å². The molecule has 0 amide bonds. The number of aliphatic hydroxyl groups is 1. The Hall–Kier alpha value is -1.99. The van der Waals surface area contributed by atoms with Crippen molar-refractivity contribution in [3.63, 3.8) is 0 Å². The molecule has 0 fully saturated rings. The molecule has 1 atom stereocenters. The molecule has 0 spiro atoms. The molecule has 4 heteroatoms. The zero-order valence-electron chi connectivity index (χ0n) is 9.77. The maximum atomic E-state index is 10.5. The van der Waals surface area contributed by atoms with Crippen LogP contribution in [0.3, 0.4) is 0 Å². The van der Waals surface area contributed by atoms with Crippen molar-refractivity contribution in [2.24, 2.45) is 0 Å². The molecule has 17 heavy (non-hydrogen) atoms. The number of ether oxygens (including phenoxy) is 2. The van der Waals surface area contributed by atoms with Crippen molar-refractivity contribution in [1.82, 2.24) is 0 Å². The molecule has 1 aromatic carbocycles. The summed E-state index contributed by atoms with van der Waals surface area (Å²) in [5, 5.41) is 9.69. The Morgan fingerprint density at radius 3 is 2.59 bits per heavy atom. The Labute approximate surface area is 100 Å². The van der Waals surface area contributed by atoms with Gasteiger partial charge in [-0.1, -0.05) is 24.0 Å². The molecular formula is C13H14O4. The van der Waals surface area contributed by atoms with Crippen LogP contribution < -0.4 is 4.74 Å². The van der Waals surface area contributed by atoms with Gasteiger partial charge in [0.2, 0.25) is 0 Å². The molecule has 0 aliphatic rings. The highest BCUT2D eigenvalue weighted by atomic mass is 16.5. The van der Waals surface area contributed by atoms with E-state index in [4.69, 9.17) is 4.74 Å². The van der Waals surface area contributed by atoms with E-state index in [1.54, 1.807) is 31.4 Å². The van der Waals surface area contributed by atoms with Crippen molar-refractivity contribution in [1.29, 1.82) is 0 Å². The molecule has 0 saturated carbocycles. The van der Waals surface area contributed by atoms with Crippen LogP contribution in [-0.4, -0.2) is 24.8 Å². The predicted octanol–water partition coefficient (Wildman–Crippen LogP) is 1.30. The van der Waals surface area contributed by atoms with Crippen molar-refractivity contribution in [2.45, 2.75) is 13.0 Å². The van der Waals surface area contributed by atoms with Crippen molar-refractivity contribution in [3.05, 3.63) is 29.8 Å². The van der Waals surface area contributed by atoms with Gasteiger partial charge >= 0.3 is 5.97 Å². The van der Waals surface area contributed by atoms with E-state index in [9.17, 15) is 9.90 Å². The molecule has 0 saturated heterocycles. The fourth-order valence-corrected chi connectivity index (χ4v) is 1.15. The van der Waals surface area contributed by atoms with Gasteiger partial charge in [0.1, 0.15) is 11.9 Å². The van der Waals surface area contributed by atoms with Gasteiger partial charge < -0.3 is 14.6 Å². The number of carbonyl (C=O) groups excluding carboxylic acids is 1. The van der Waals surface area contributed by atoms with Gasteiger partial charge in [0.15, 0.2) is 6.61 Å². The SMILES string of the molecule is COc1ccc([C@H](O)C#CCOC(C)=O)cc1. The van der Waals surface area contributed by atoms with E-state index >= 15 is 0 Å². The minimum atomic E-state index is -0.892. The van der Waals surface area contributed by atoms with Gasteiger partial charge in [-0.15, -0.1) is 0 Å². The summed E-state index contributed by atoms with van der Waals surface area (Å²) in [4.78, 5) is 10.5. The quantitative estimate of drug-likeness (QED) is 0.632. The highest BCUT2D eigenvalue weighted by Gasteiger charge is 2.02. The van der Waals surface area contributed by atoms with Gasteiger partial charge in [0.05, 0.1) is 7.11 Å². The fourth-order valence-electron chi connectivity index (χ4n) is 1.15. The Balaban J connectivity index is 2.56. The maximum absolute atomic E-state index is 10.5. The lowest BCUT2D eigenvalue weighted by molar-refractivity contribution is -0.139. The molecule has 1 N–H and O–H groups in total. The first kappa shape index (κ1) is 13.1. The lowest BCUT2D eigenvalue weighted by Gasteiger charge is -2.04. The van der Waals surface area contributed by atoms with E-state index in [1.165, 1.54) is 6.92 Å². The van der Waals surface area contributed by atoms with Gasteiger partial charge in [-0.25, -0.2) is 0 Å². The number of carbonyl (C=O) groups is 1. The maximum Gasteiger partial charge on any atom is 0.303 e. The Morgan fingerprint density at radius 2 is 2.06 bits per heavy atom. The first-order valence-corrected chi connectivity index (χ1v) is 5.07. The van der Waals surface area contributed by atoms with Crippen LogP contribution in [0.1, 0.15) is 18.6 Å². The van der Waals surface area contributed by atoms with Crippen molar-refractivity contribution < 1.29 is 19.4 Å². The van der Waals surface area contributed by atoms with Gasteiger partial charge in [0, 0.05) is 6.92 Å². The fraction of sp³-hybridized carbons (Fsp3) is 0.308. The van der Waals surface area contributed by atoms with E-state index in [-0.39, 0.29) is 6.61 Å². The third-order valence-corrected chi connectivity index (χ3v) is 2.02. The molecule has 0 aliphatic heterocycles. The van der Waals surface area contributed by atoms with Crippen LogP contribution in [0, 0.1) is 11.8 Å². The van der Waals surface area contributed by atoms with E-state index in [0.29, 0.717) is 11.3 Å². The minimum Gasteiger partial charge on any atom is -0.497 e. The highest BCUT2D eigenvalue weighted by molar-refractivity contribution is 5.66. The second-order valence-corrected chi connectivity index (χ2v) is 3.28. The average Bonchev–Trinajstić information content (AvgIpc) is 2.34. The molecule has 0 unspecified atom stereocenters. The van der Waals surface area contributed by atoms with E-state index in [0.717, 1.165) is 0 Å². The lowest BCUT2D eigenvalue weighted by Crippen LogP contribution is -1.99. The normalized spacial score (nSPS) is 11.0. The van der Waals surface area contributed by atoms with Gasteiger partial charge in [0.25, 0.3) is 0 Å². The lowest BCUT2D eigenvalue weighted by atomic mass is 10.1. The third kappa shape index (κ3) is 4.58. The zero-order valence-corrected chi connectivity index (χ0v) is 9.77. The number of rotatable bonds is 3. The minimum absolute atomic E-state index is 0.0114. The van der Waals surface area contributed by atoms with E-state index in [1.807, 2.05) is 0 Å². The number of methoxy groups -OCH3 is 1. The van der Waals surface area contributed by atoms with Gasteiger partial charge in [-0.05, 0) is 17.7 Å². The van der Waals surface area contributed by atoms with Crippen molar-refractivity contribution in [2.75, 3.05) is 13.7 Å².